The van der Waals surface area contributed by atoms with Gasteiger partial charge in [0, 0.05) is 12.3 Å². The second-order valence-corrected chi connectivity index (χ2v) is 6.46. The summed E-state index contributed by atoms with van der Waals surface area (Å²) in [6, 6.07) is 17.4. The first-order valence-electron chi connectivity index (χ1n) is 9.47. The van der Waals surface area contributed by atoms with Crippen LogP contribution < -0.4 is 15.5 Å². The fourth-order valence-corrected chi connectivity index (χ4v) is 2.68. The summed E-state index contributed by atoms with van der Waals surface area (Å²) < 4.78 is 5.28. The number of aromatic nitrogens is 1. The summed E-state index contributed by atoms with van der Waals surface area (Å²) in [7, 11) is 0. The van der Waals surface area contributed by atoms with Gasteiger partial charge in [-0.3, -0.25) is 24.7 Å². The highest BCUT2D eigenvalue weighted by Crippen LogP contribution is 2.25. The molecule has 3 aromatic rings. The molecule has 2 amide bonds. The van der Waals surface area contributed by atoms with E-state index in [1.807, 2.05) is 0 Å². The molecule has 0 atom stereocenters. The summed E-state index contributed by atoms with van der Waals surface area (Å²) >= 11 is 0. The van der Waals surface area contributed by atoms with Gasteiger partial charge in [-0.2, -0.15) is 5.10 Å². The smallest absolute Gasteiger partial charge is 0.310 e. The van der Waals surface area contributed by atoms with E-state index in [0.29, 0.717) is 11.4 Å². The van der Waals surface area contributed by atoms with Crippen LogP contribution in [0.1, 0.15) is 23.0 Å². The number of para-hydroxylation sites is 3. The summed E-state index contributed by atoms with van der Waals surface area (Å²) in [5.74, 6) is -1.15. The van der Waals surface area contributed by atoms with E-state index in [-0.39, 0.29) is 22.7 Å². The third kappa shape index (κ3) is 5.72. The molecule has 32 heavy (non-hydrogen) atoms. The number of nitrogens with one attached hydrogen (secondary N) is 2. The van der Waals surface area contributed by atoms with Gasteiger partial charge in [-0.15, -0.1) is 0 Å². The molecular weight excluding hydrogens is 414 g/mol. The van der Waals surface area contributed by atoms with Crippen LogP contribution in [0.15, 0.2) is 78.0 Å². The Labute approximate surface area is 183 Å². The highest BCUT2D eigenvalue weighted by molar-refractivity contribution is 6.05. The third-order valence-electron chi connectivity index (χ3n) is 4.23. The zero-order valence-electron chi connectivity index (χ0n) is 17.0. The molecule has 0 spiro atoms. The molecular formula is C22H19N5O5. The van der Waals surface area contributed by atoms with Crippen molar-refractivity contribution in [2.45, 2.75) is 6.92 Å². The topological polar surface area (TPSA) is 136 Å². The average molecular weight is 433 g/mol. The Hall–Kier alpha value is -4.60. The van der Waals surface area contributed by atoms with Crippen LogP contribution in [0, 0.1) is 10.1 Å². The summed E-state index contributed by atoms with van der Waals surface area (Å²) in [5.41, 5.74) is 3.74. The number of rotatable bonds is 8. The lowest BCUT2D eigenvalue weighted by atomic mass is 10.1. The molecule has 0 saturated carbocycles. The lowest BCUT2D eigenvalue weighted by Crippen LogP contribution is -2.24. The first-order valence-corrected chi connectivity index (χ1v) is 9.47. The second kappa shape index (κ2) is 10.4. The van der Waals surface area contributed by atoms with Crippen LogP contribution in [0.25, 0.3) is 0 Å². The molecule has 0 unspecified atom stereocenters. The van der Waals surface area contributed by atoms with Gasteiger partial charge in [0.1, 0.15) is 0 Å². The van der Waals surface area contributed by atoms with Crippen LogP contribution >= 0.6 is 0 Å². The number of hydrogen-bond acceptors (Lipinski definition) is 7. The summed E-state index contributed by atoms with van der Waals surface area (Å²) in [6.07, 6.45) is 1.62. The number of benzene rings is 2. The molecule has 1 aromatic heterocycles. The van der Waals surface area contributed by atoms with E-state index >= 15 is 0 Å². The zero-order valence-corrected chi connectivity index (χ0v) is 17.0. The SMILES string of the molecule is CC(=NNC(=O)c1ccccc1NC(=O)COc1ccccc1[N+](=O)[O-])c1ccccn1. The number of nitro benzene ring substituents is 1. The highest BCUT2D eigenvalue weighted by Gasteiger charge is 2.17. The van der Waals surface area contributed by atoms with Gasteiger partial charge in [0.05, 0.1) is 27.6 Å². The predicted molar refractivity (Wildman–Crippen MR) is 118 cm³/mol. The Morgan fingerprint density at radius 3 is 2.53 bits per heavy atom. The maximum atomic E-state index is 12.6. The van der Waals surface area contributed by atoms with E-state index in [1.54, 1.807) is 55.6 Å². The van der Waals surface area contributed by atoms with E-state index in [9.17, 15) is 19.7 Å². The Balaban J connectivity index is 1.65. The van der Waals surface area contributed by atoms with Crippen molar-refractivity contribution in [1.29, 1.82) is 0 Å². The van der Waals surface area contributed by atoms with E-state index in [0.717, 1.165) is 0 Å². The van der Waals surface area contributed by atoms with Crippen molar-refractivity contribution < 1.29 is 19.2 Å². The lowest BCUT2D eigenvalue weighted by Gasteiger charge is -2.11. The number of anilines is 1. The molecule has 2 N–H and O–H groups in total. The summed E-state index contributed by atoms with van der Waals surface area (Å²) in [4.78, 5) is 39.5. The number of carbonyl (C=O) groups is 2. The summed E-state index contributed by atoms with van der Waals surface area (Å²) in [6.45, 7) is 1.23. The van der Waals surface area contributed by atoms with Gasteiger partial charge < -0.3 is 10.1 Å². The monoisotopic (exact) mass is 433 g/mol. The van der Waals surface area contributed by atoms with Crippen LogP contribution in [0.2, 0.25) is 0 Å². The minimum absolute atomic E-state index is 0.0296. The van der Waals surface area contributed by atoms with E-state index in [1.165, 1.54) is 24.3 Å². The Kier molecular flexibility index (Phi) is 7.20. The second-order valence-electron chi connectivity index (χ2n) is 6.46. The fourth-order valence-electron chi connectivity index (χ4n) is 2.68. The minimum atomic E-state index is -0.597. The van der Waals surface area contributed by atoms with E-state index in [2.05, 4.69) is 20.8 Å². The molecule has 0 fully saturated rings. The van der Waals surface area contributed by atoms with Crippen molar-refractivity contribution in [1.82, 2.24) is 10.4 Å². The maximum Gasteiger partial charge on any atom is 0.310 e. The van der Waals surface area contributed by atoms with Crippen molar-refractivity contribution in [3.8, 4) is 5.75 Å². The minimum Gasteiger partial charge on any atom is -0.477 e. The van der Waals surface area contributed by atoms with Gasteiger partial charge in [-0.05, 0) is 37.3 Å². The molecule has 162 valence electrons. The van der Waals surface area contributed by atoms with Gasteiger partial charge >= 0.3 is 5.69 Å². The Morgan fingerprint density at radius 2 is 1.78 bits per heavy atom. The number of pyridine rings is 1. The number of amides is 2. The molecule has 1 heterocycles. The zero-order chi connectivity index (χ0) is 22.9. The number of hydrazone groups is 1. The van der Waals surface area contributed by atoms with Crippen LogP contribution in [0.4, 0.5) is 11.4 Å². The normalized spacial score (nSPS) is 10.8. The molecule has 0 saturated heterocycles. The van der Waals surface area contributed by atoms with Crippen molar-refractivity contribution >= 4 is 28.9 Å². The van der Waals surface area contributed by atoms with E-state index in [4.69, 9.17) is 4.74 Å². The van der Waals surface area contributed by atoms with Crippen LogP contribution in [0.5, 0.6) is 5.75 Å². The van der Waals surface area contributed by atoms with Crippen LogP contribution in [0.3, 0.4) is 0 Å². The number of nitrogens with zero attached hydrogens (tertiary/aromatic N) is 3. The third-order valence-corrected chi connectivity index (χ3v) is 4.23. The first-order chi connectivity index (χ1) is 15.5. The maximum absolute atomic E-state index is 12.6. The molecule has 0 aliphatic carbocycles. The fraction of sp³-hybridized carbons (Fsp3) is 0.0909. The van der Waals surface area contributed by atoms with Crippen molar-refractivity contribution in [2.24, 2.45) is 5.10 Å². The van der Waals surface area contributed by atoms with Gasteiger partial charge in [0.15, 0.2) is 12.4 Å². The first kappa shape index (κ1) is 22.1. The standard InChI is InChI=1S/C22H19N5O5/c1-15(17-9-6-7-13-23-17)25-26-22(29)16-8-2-3-10-18(16)24-21(28)14-32-20-12-5-4-11-19(20)27(30)31/h2-13H,14H2,1H3,(H,24,28)(H,26,29). The van der Waals surface area contributed by atoms with Gasteiger partial charge in [0.2, 0.25) is 0 Å². The van der Waals surface area contributed by atoms with Crippen molar-refractivity contribution in [3.63, 3.8) is 0 Å². The summed E-state index contributed by atoms with van der Waals surface area (Å²) in [5, 5.41) is 17.7. The number of carbonyl (C=O) groups excluding carboxylic acids is 2. The molecule has 10 nitrogen and oxygen atoms in total. The molecule has 2 aromatic carbocycles. The Morgan fingerprint density at radius 1 is 1.06 bits per heavy atom. The molecule has 0 aliphatic rings. The largest absolute Gasteiger partial charge is 0.477 e. The van der Waals surface area contributed by atoms with Gasteiger partial charge in [-0.25, -0.2) is 5.43 Å². The Bertz CT molecular complexity index is 1160. The molecule has 10 heteroatoms. The quantitative estimate of drug-likeness (QED) is 0.318. The molecule has 3 rings (SSSR count). The number of nitro groups is 1. The van der Waals surface area contributed by atoms with Crippen LogP contribution in [-0.4, -0.2) is 34.0 Å². The van der Waals surface area contributed by atoms with E-state index < -0.39 is 23.3 Å². The van der Waals surface area contributed by atoms with Crippen molar-refractivity contribution in [2.75, 3.05) is 11.9 Å². The molecule has 0 aliphatic heterocycles. The van der Waals surface area contributed by atoms with Crippen molar-refractivity contribution in [3.05, 3.63) is 94.3 Å². The lowest BCUT2D eigenvalue weighted by molar-refractivity contribution is -0.385. The van der Waals surface area contributed by atoms with Gasteiger partial charge in [0.25, 0.3) is 11.8 Å². The van der Waals surface area contributed by atoms with Gasteiger partial charge in [-0.1, -0.05) is 30.3 Å². The highest BCUT2D eigenvalue weighted by atomic mass is 16.6. The molecule has 0 bridgehead atoms. The number of hydrogen-bond donors (Lipinski definition) is 2. The van der Waals surface area contributed by atoms with Crippen LogP contribution in [-0.2, 0) is 4.79 Å². The molecule has 0 radical (unpaired) electrons. The number of ether oxygens (including phenoxy) is 1. The predicted octanol–water partition coefficient (Wildman–Crippen LogP) is 3.16. The average Bonchev–Trinajstić information content (AvgIpc) is 2.82.